The van der Waals surface area contributed by atoms with Gasteiger partial charge in [-0.3, -0.25) is 0 Å². The molecule has 88 valence electrons. The molecular weight excluding hydrogens is 354 g/mol. The third-order valence-electron chi connectivity index (χ3n) is 2.38. The zero-order valence-electron chi connectivity index (χ0n) is 8.63. The normalized spacial score (nSPS) is 12.5. The Balaban J connectivity index is 2.40. The molecular formula is C13H8Br2F2. The van der Waals surface area contributed by atoms with Crippen molar-refractivity contribution in [3.05, 3.63) is 69.7 Å². The standard InChI is InChI=1S/C13H8Br2F2/c14-9-3-1-2-8(6-9)13(15)11-5-4-10(16)7-12(11)17/h1-7,13H. The van der Waals surface area contributed by atoms with E-state index in [0.29, 0.717) is 5.56 Å². The molecule has 17 heavy (non-hydrogen) atoms. The molecule has 1 atom stereocenters. The van der Waals surface area contributed by atoms with Gasteiger partial charge < -0.3 is 0 Å². The smallest absolute Gasteiger partial charge is 0.130 e. The van der Waals surface area contributed by atoms with Crippen LogP contribution in [0.15, 0.2) is 46.9 Å². The third kappa shape index (κ3) is 2.93. The number of alkyl halides is 1. The minimum atomic E-state index is -0.569. The highest BCUT2D eigenvalue weighted by atomic mass is 79.9. The van der Waals surface area contributed by atoms with Crippen LogP contribution in [-0.2, 0) is 0 Å². The topological polar surface area (TPSA) is 0 Å². The molecule has 0 bridgehead atoms. The van der Waals surface area contributed by atoms with Gasteiger partial charge in [-0.15, -0.1) is 0 Å². The summed E-state index contributed by atoms with van der Waals surface area (Å²) in [6, 6.07) is 11.1. The number of hydrogen-bond donors (Lipinski definition) is 0. The van der Waals surface area contributed by atoms with E-state index in [1.54, 1.807) is 0 Å². The van der Waals surface area contributed by atoms with E-state index < -0.39 is 11.6 Å². The zero-order valence-corrected chi connectivity index (χ0v) is 11.8. The number of hydrogen-bond acceptors (Lipinski definition) is 0. The van der Waals surface area contributed by atoms with Gasteiger partial charge in [-0.2, -0.15) is 0 Å². The number of benzene rings is 2. The Morgan fingerprint density at radius 3 is 2.41 bits per heavy atom. The minimum Gasteiger partial charge on any atom is -0.207 e. The van der Waals surface area contributed by atoms with Gasteiger partial charge in [-0.25, -0.2) is 8.78 Å². The van der Waals surface area contributed by atoms with Crippen LogP contribution in [0.4, 0.5) is 8.78 Å². The van der Waals surface area contributed by atoms with Crippen molar-refractivity contribution in [2.45, 2.75) is 4.83 Å². The molecule has 0 aliphatic carbocycles. The van der Waals surface area contributed by atoms with Crippen molar-refractivity contribution in [2.75, 3.05) is 0 Å². The van der Waals surface area contributed by atoms with Crippen LogP contribution in [0.1, 0.15) is 16.0 Å². The van der Waals surface area contributed by atoms with E-state index in [1.165, 1.54) is 12.1 Å². The van der Waals surface area contributed by atoms with Crippen LogP contribution >= 0.6 is 31.9 Å². The van der Waals surface area contributed by atoms with Crippen molar-refractivity contribution in [1.82, 2.24) is 0 Å². The number of rotatable bonds is 2. The molecule has 0 spiro atoms. The molecule has 2 aromatic carbocycles. The van der Waals surface area contributed by atoms with Crippen LogP contribution in [0.3, 0.4) is 0 Å². The Kier molecular flexibility index (Phi) is 3.94. The van der Waals surface area contributed by atoms with Gasteiger partial charge in [0.15, 0.2) is 0 Å². The minimum absolute atomic E-state index is 0.291. The van der Waals surface area contributed by atoms with Gasteiger partial charge in [0.05, 0.1) is 4.83 Å². The molecule has 0 saturated heterocycles. The molecule has 0 fully saturated rings. The molecule has 0 amide bonds. The van der Waals surface area contributed by atoms with E-state index in [1.807, 2.05) is 24.3 Å². The molecule has 1 unspecified atom stereocenters. The second-order valence-corrected chi connectivity index (χ2v) is 5.41. The molecule has 0 nitrogen and oxygen atoms in total. The summed E-state index contributed by atoms with van der Waals surface area (Å²) in [4.78, 5) is -0.291. The second-order valence-electron chi connectivity index (χ2n) is 3.58. The van der Waals surface area contributed by atoms with Crippen molar-refractivity contribution in [3.8, 4) is 0 Å². The van der Waals surface area contributed by atoms with Crippen molar-refractivity contribution >= 4 is 31.9 Å². The first-order valence-electron chi connectivity index (χ1n) is 4.92. The van der Waals surface area contributed by atoms with Crippen molar-refractivity contribution in [2.24, 2.45) is 0 Å². The van der Waals surface area contributed by atoms with E-state index in [2.05, 4.69) is 31.9 Å². The summed E-state index contributed by atoms with van der Waals surface area (Å²) in [5, 5.41) is 0. The van der Waals surface area contributed by atoms with Crippen molar-refractivity contribution in [1.29, 1.82) is 0 Å². The first kappa shape index (κ1) is 12.7. The Labute approximate surface area is 115 Å². The lowest BCUT2D eigenvalue weighted by molar-refractivity contribution is 0.574. The fourth-order valence-electron chi connectivity index (χ4n) is 1.55. The van der Waals surface area contributed by atoms with Gasteiger partial charge in [0.2, 0.25) is 0 Å². The maximum Gasteiger partial charge on any atom is 0.130 e. The highest BCUT2D eigenvalue weighted by Crippen LogP contribution is 2.33. The Morgan fingerprint density at radius 1 is 1.00 bits per heavy atom. The van der Waals surface area contributed by atoms with E-state index in [4.69, 9.17) is 0 Å². The average Bonchev–Trinajstić information content (AvgIpc) is 2.28. The zero-order chi connectivity index (χ0) is 12.4. The fraction of sp³-hybridized carbons (Fsp3) is 0.0769. The van der Waals surface area contributed by atoms with Gasteiger partial charge in [-0.05, 0) is 23.8 Å². The lowest BCUT2D eigenvalue weighted by atomic mass is 10.0. The maximum atomic E-state index is 13.6. The summed E-state index contributed by atoms with van der Waals surface area (Å²) < 4.78 is 27.3. The molecule has 4 heteroatoms. The second kappa shape index (κ2) is 5.27. The summed E-state index contributed by atoms with van der Waals surface area (Å²) in [5.74, 6) is -1.12. The summed E-state index contributed by atoms with van der Waals surface area (Å²) in [6.07, 6.45) is 0. The quantitative estimate of drug-likeness (QED) is 0.644. The molecule has 0 heterocycles. The van der Waals surface area contributed by atoms with Crippen molar-refractivity contribution < 1.29 is 8.78 Å². The summed E-state index contributed by atoms with van der Waals surface area (Å²) >= 11 is 6.78. The Morgan fingerprint density at radius 2 is 1.76 bits per heavy atom. The fourth-order valence-corrected chi connectivity index (χ4v) is 2.62. The van der Waals surface area contributed by atoms with Crippen LogP contribution in [-0.4, -0.2) is 0 Å². The Bertz CT molecular complexity index is 541. The van der Waals surface area contributed by atoms with Gasteiger partial charge in [0.25, 0.3) is 0 Å². The molecule has 2 aromatic rings. The van der Waals surface area contributed by atoms with Crippen LogP contribution in [0, 0.1) is 11.6 Å². The van der Waals surface area contributed by atoms with Crippen molar-refractivity contribution in [3.63, 3.8) is 0 Å². The van der Waals surface area contributed by atoms with E-state index in [9.17, 15) is 8.78 Å². The largest absolute Gasteiger partial charge is 0.207 e. The summed E-state index contributed by atoms with van der Waals surface area (Å²) in [7, 11) is 0. The molecule has 2 rings (SSSR count). The molecule has 0 aromatic heterocycles. The van der Waals surface area contributed by atoms with Gasteiger partial charge in [0.1, 0.15) is 11.6 Å². The molecule has 0 aliphatic rings. The highest BCUT2D eigenvalue weighted by Gasteiger charge is 2.15. The Hall–Kier alpha value is -0.740. The monoisotopic (exact) mass is 360 g/mol. The van der Waals surface area contributed by atoms with Crippen LogP contribution in [0.2, 0.25) is 0 Å². The molecule has 0 saturated carbocycles. The summed E-state index contributed by atoms with van der Waals surface area (Å²) in [6.45, 7) is 0. The lowest BCUT2D eigenvalue weighted by Crippen LogP contribution is -1.97. The highest BCUT2D eigenvalue weighted by molar-refractivity contribution is 9.10. The summed E-state index contributed by atoms with van der Waals surface area (Å²) in [5.41, 5.74) is 1.33. The molecule has 0 N–H and O–H groups in total. The molecule has 0 aliphatic heterocycles. The lowest BCUT2D eigenvalue weighted by Gasteiger charge is -2.12. The van der Waals surface area contributed by atoms with Gasteiger partial charge in [0, 0.05) is 16.1 Å². The molecule has 0 radical (unpaired) electrons. The third-order valence-corrected chi connectivity index (χ3v) is 3.89. The van der Waals surface area contributed by atoms with Crippen LogP contribution in [0.5, 0.6) is 0 Å². The van der Waals surface area contributed by atoms with Crippen LogP contribution in [0.25, 0.3) is 0 Å². The predicted octanol–water partition coefficient (Wildman–Crippen LogP) is 5.21. The SMILES string of the molecule is Fc1ccc(C(Br)c2cccc(Br)c2)c(F)c1. The van der Waals surface area contributed by atoms with E-state index in [0.717, 1.165) is 16.1 Å². The maximum absolute atomic E-state index is 13.6. The van der Waals surface area contributed by atoms with Crippen LogP contribution < -0.4 is 0 Å². The first-order valence-corrected chi connectivity index (χ1v) is 6.63. The van der Waals surface area contributed by atoms with E-state index >= 15 is 0 Å². The van der Waals surface area contributed by atoms with E-state index in [-0.39, 0.29) is 4.83 Å². The van der Waals surface area contributed by atoms with Gasteiger partial charge >= 0.3 is 0 Å². The average molecular weight is 362 g/mol. The number of halogens is 4. The first-order chi connectivity index (χ1) is 8.08. The predicted molar refractivity (Wildman–Crippen MR) is 71.3 cm³/mol. The van der Waals surface area contributed by atoms with Gasteiger partial charge in [-0.1, -0.05) is 50.1 Å².